The Hall–Kier alpha value is -2.31. The molecule has 2 amide bonds. The van der Waals surface area contributed by atoms with Crippen LogP contribution in [0.3, 0.4) is 0 Å². The summed E-state index contributed by atoms with van der Waals surface area (Å²) in [6.45, 7) is 3.05. The predicted octanol–water partition coefficient (Wildman–Crippen LogP) is 3.57. The van der Waals surface area contributed by atoms with Gasteiger partial charge in [-0.25, -0.2) is 9.18 Å². The summed E-state index contributed by atoms with van der Waals surface area (Å²) in [6.07, 6.45) is 4.66. The molecule has 7 heteroatoms. The predicted molar refractivity (Wildman–Crippen MR) is 101 cm³/mol. The molecule has 4 rings (SSSR count). The second kappa shape index (κ2) is 7.26. The van der Waals surface area contributed by atoms with E-state index in [1.807, 2.05) is 0 Å². The number of carboxylic acids is 1. The minimum Gasteiger partial charge on any atom is -0.490 e. The summed E-state index contributed by atoms with van der Waals surface area (Å²) in [6, 6.07) is 4.07. The van der Waals surface area contributed by atoms with Crippen LogP contribution in [-0.4, -0.2) is 41.7 Å². The maximum absolute atomic E-state index is 14.3. The quantitative estimate of drug-likeness (QED) is 0.778. The Morgan fingerprint density at radius 2 is 2.18 bits per heavy atom. The van der Waals surface area contributed by atoms with Crippen LogP contribution in [0, 0.1) is 23.1 Å². The molecule has 3 aliphatic rings. The number of halogens is 1. The molecular weight excluding hydrogens is 363 g/mol. The first-order chi connectivity index (χ1) is 13.4. The molecule has 2 saturated carbocycles. The number of ether oxygens (including phenoxy) is 1. The van der Waals surface area contributed by atoms with Crippen molar-refractivity contribution < 1.29 is 23.8 Å². The fourth-order valence-electron chi connectivity index (χ4n) is 4.55. The van der Waals surface area contributed by atoms with Crippen molar-refractivity contribution in [2.75, 3.05) is 19.7 Å². The number of carbonyl (C=O) groups excluding carboxylic acids is 1. The van der Waals surface area contributed by atoms with E-state index >= 15 is 0 Å². The average Bonchev–Trinajstić information content (AvgIpc) is 3.26. The van der Waals surface area contributed by atoms with Gasteiger partial charge in [0.2, 0.25) is 0 Å². The second-order valence-corrected chi connectivity index (χ2v) is 8.55. The molecule has 0 spiro atoms. The van der Waals surface area contributed by atoms with Gasteiger partial charge in [-0.3, -0.25) is 4.79 Å². The Morgan fingerprint density at radius 1 is 1.39 bits per heavy atom. The second-order valence-electron chi connectivity index (χ2n) is 8.55. The van der Waals surface area contributed by atoms with Crippen molar-refractivity contribution in [1.29, 1.82) is 0 Å². The average molecular weight is 390 g/mol. The summed E-state index contributed by atoms with van der Waals surface area (Å²) in [5.74, 6) is -0.426. The number of aliphatic carboxylic acids is 1. The molecule has 1 heterocycles. The molecule has 1 aliphatic heterocycles. The minimum absolute atomic E-state index is 0.0198. The fourth-order valence-corrected chi connectivity index (χ4v) is 4.55. The van der Waals surface area contributed by atoms with Gasteiger partial charge in [-0.05, 0) is 62.1 Å². The summed E-state index contributed by atoms with van der Waals surface area (Å²) in [4.78, 5) is 26.0. The number of hydrogen-bond acceptors (Lipinski definition) is 3. The van der Waals surface area contributed by atoms with E-state index in [0.29, 0.717) is 31.1 Å². The Bertz CT molecular complexity index is 782. The third-order valence-electron chi connectivity index (χ3n) is 6.55. The number of carboxylic acid groups (broad SMARTS) is 1. The lowest BCUT2D eigenvalue weighted by Crippen LogP contribution is -2.42. The van der Waals surface area contributed by atoms with Crippen molar-refractivity contribution in [1.82, 2.24) is 10.2 Å². The van der Waals surface area contributed by atoms with Crippen molar-refractivity contribution in [2.24, 2.45) is 17.3 Å². The number of nitrogens with one attached hydrogen (secondary N) is 1. The van der Waals surface area contributed by atoms with Gasteiger partial charge in [0.05, 0.1) is 18.1 Å². The van der Waals surface area contributed by atoms with Crippen LogP contribution in [0.1, 0.15) is 50.6 Å². The highest BCUT2D eigenvalue weighted by molar-refractivity contribution is 5.80. The molecule has 0 bridgehead atoms. The van der Waals surface area contributed by atoms with Crippen molar-refractivity contribution in [3.63, 3.8) is 0 Å². The first-order valence-corrected chi connectivity index (χ1v) is 10.1. The lowest BCUT2D eigenvalue weighted by molar-refractivity contribution is -0.149. The van der Waals surface area contributed by atoms with E-state index in [2.05, 4.69) is 5.32 Å². The van der Waals surface area contributed by atoms with Gasteiger partial charge >= 0.3 is 12.0 Å². The summed E-state index contributed by atoms with van der Waals surface area (Å²) < 4.78 is 19.8. The molecule has 0 aromatic heterocycles. The Balaban J connectivity index is 1.37. The summed E-state index contributed by atoms with van der Waals surface area (Å²) in [7, 11) is 0. The molecule has 3 atom stereocenters. The van der Waals surface area contributed by atoms with Crippen LogP contribution >= 0.6 is 0 Å². The number of benzene rings is 1. The van der Waals surface area contributed by atoms with Crippen LogP contribution in [0.15, 0.2) is 18.2 Å². The van der Waals surface area contributed by atoms with E-state index in [-0.39, 0.29) is 30.3 Å². The molecule has 2 aliphatic carbocycles. The largest absolute Gasteiger partial charge is 0.490 e. The van der Waals surface area contributed by atoms with E-state index in [1.165, 1.54) is 6.07 Å². The van der Waals surface area contributed by atoms with Gasteiger partial charge in [-0.2, -0.15) is 0 Å². The fraction of sp³-hybridized carbons (Fsp3) is 0.619. The highest BCUT2D eigenvalue weighted by atomic mass is 19.1. The standard InChI is InChI=1S/C21H27FN2O4/c1-13(15-6-7-18(17(22)9-15)28-11-14-4-5-14)23-20(27)24-10-16-3-2-8-21(16,12-24)19(25)26/h6-7,9,13-14,16H,2-5,8,10-12H2,1H3,(H,23,27)(H,25,26)/t13?,16-,21+/m0/s1. The zero-order valence-electron chi connectivity index (χ0n) is 16.1. The van der Waals surface area contributed by atoms with Crippen molar-refractivity contribution in [2.45, 2.75) is 45.1 Å². The smallest absolute Gasteiger partial charge is 0.317 e. The molecule has 3 fully saturated rings. The first kappa shape index (κ1) is 19.0. The Labute approximate surface area is 164 Å². The Kier molecular flexibility index (Phi) is 4.93. The molecule has 6 nitrogen and oxygen atoms in total. The van der Waals surface area contributed by atoms with Crippen molar-refractivity contribution in [3.8, 4) is 5.75 Å². The maximum atomic E-state index is 14.3. The van der Waals surface area contributed by atoms with Gasteiger partial charge in [0.15, 0.2) is 11.6 Å². The van der Waals surface area contributed by atoms with Crippen molar-refractivity contribution >= 4 is 12.0 Å². The summed E-state index contributed by atoms with van der Waals surface area (Å²) in [5, 5.41) is 12.5. The van der Waals surface area contributed by atoms with Gasteiger partial charge in [0.1, 0.15) is 0 Å². The zero-order chi connectivity index (χ0) is 19.9. The van der Waals surface area contributed by atoms with Crippen LogP contribution in [-0.2, 0) is 4.79 Å². The zero-order valence-corrected chi connectivity index (χ0v) is 16.1. The molecule has 28 heavy (non-hydrogen) atoms. The molecular formula is C21H27FN2O4. The van der Waals surface area contributed by atoms with Crippen LogP contribution in [0.2, 0.25) is 0 Å². The van der Waals surface area contributed by atoms with Crippen LogP contribution in [0.4, 0.5) is 9.18 Å². The highest BCUT2D eigenvalue weighted by Crippen LogP contribution is 2.48. The van der Waals surface area contributed by atoms with Gasteiger partial charge in [-0.1, -0.05) is 12.5 Å². The molecule has 1 unspecified atom stereocenters. The first-order valence-electron chi connectivity index (χ1n) is 10.1. The maximum Gasteiger partial charge on any atom is 0.317 e. The third kappa shape index (κ3) is 3.54. The van der Waals surface area contributed by atoms with Gasteiger partial charge < -0.3 is 20.1 Å². The molecule has 152 valence electrons. The summed E-state index contributed by atoms with van der Waals surface area (Å²) in [5.41, 5.74) is -0.148. The monoisotopic (exact) mass is 390 g/mol. The van der Waals surface area contributed by atoms with Crippen LogP contribution in [0.25, 0.3) is 0 Å². The number of fused-ring (bicyclic) bond motifs is 1. The summed E-state index contributed by atoms with van der Waals surface area (Å²) >= 11 is 0. The highest BCUT2D eigenvalue weighted by Gasteiger charge is 2.55. The number of hydrogen-bond donors (Lipinski definition) is 2. The number of nitrogens with zero attached hydrogens (tertiary/aromatic N) is 1. The number of likely N-dealkylation sites (tertiary alicyclic amines) is 1. The van der Waals surface area contributed by atoms with Gasteiger partial charge in [0.25, 0.3) is 0 Å². The van der Waals surface area contributed by atoms with E-state index in [4.69, 9.17) is 4.74 Å². The van der Waals surface area contributed by atoms with E-state index in [1.54, 1.807) is 24.0 Å². The normalized spacial score (nSPS) is 27.4. The van der Waals surface area contributed by atoms with E-state index in [9.17, 15) is 19.1 Å². The number of carbonyl (C=O) groups is 2. The third-order valence-corrected chi connectivity index (χ3v) is 6.55. The van der Waals surface area contributed by atoms with Crippen molar-refractivity contribution in [3.05, 3.63) is 29.6 Å². The van der Waals surface area contributed by atoms with E-state index < -0.39 is 17.2 Å². The van der Waals surface area contributed by atoms with Crippen LogP contribution in [0.5, 0.6) is 5.75 Å². The number of amides is 2. The van der Waals surface area contributed by atoms with E-state index in [0.717, 1.165) is 25.7 Å². The minimum atomic E-state index is -0.804. The van der Waals surface area contributed by atoms with Gasteiger partial charge in [0, 0.05) is 13.1 Å². The number of rotatable bonds is 6. The molecule has 1 aromatic carbocycles. The molecule has 2 N–H and O–H groups in total. The lowest BCUT2D eigenvalue weighted by Gasteiger charge is -2.24. The Morgan fingerprint density at radius 3 is 2.82 bits per heavy atom. The van der Waals surface area contributed by atoms with Crippen LogP contribution < -0.4 is 10.1 Å². The molecule has 0 radical (unpaired) electrons. The molecule has 1 aromatic rings. The molecule has 1 saturated heterocycles. The van der Waals surface area contributed by atoms with Gasteiger partial charge in [-0.15, -0.1) is 0 Å². The topological polar surface area (TPSA) is 78.9 Å². The lowest BCUT2D eigenvalue weighted by atomic mass is 9.81. The number of urea groups is 1. The SMILES string of the molecule is CC(NC(=O)N1C[C@@H]2CCC[C@@]2(C(=O)O)C1)c1ccc(OCC2CC2)c(F)c1.